The third kappa shape index (κ3) is 2.82. The molecule has 2 unspecified atom stereocenters. The lowest BCUT2D eigenvalue weighted by Crippen LogP contribution is -2.30. The Kier molecular flexibility index (Phi) is 4.13. The minimum Gasteiger partial charge on any atom is -0.481 e. The molecular formula is C13H13ClN2O5. The number of likely N-dealkylation sites (tertiary alicyclic amines) is 1. The van der Waals surface area contributed by atoms with Crippen LogP contribution in [0, 0.1) is 22.0 Å². The van der Waals surface area contributed by atoms with E-state index in [1.807, 2.05) is 0 Å². The van der Waals surface area contributed by atoms with Gasteiger partial charge in [0.25, 0.3) is 11.6 Å². The third-order valence-electron chi connectivity index (χ3n) is 3.62. The Morgan fingerprint density at radius 3 is 2.62 bits per heavy atom. The number of amides is 1. The molecule has 21 heavy (non-hydrogen) atoms. The van der Waals surface area contributed by atoms with Crippen molar-refractivity contribution in [3.8, 4) is 0 Å². The van der Waals surface area contributed by atoms with Crippen LogP contribution in [0.4, 0.5) is 5.69 Å². The minimum atomic E-state index is -0.956. The van der Waals surface area contributed by atoms with Crippen molar-refractivity contribution >= 4 is 29.2 Å². The molecule has 0 saturated carbocycles. The number of carbonyl (C=O) groups excluding carboxylic acids is 1. The molecule has 1 N–H and O–H groups in total. The number of benzene rings is 1. The standard InChI is InChI=1S/C13H13ClN2O5/c1-7-5-15(6-9(7)13(18)19)12(17)8-3-2-4-10(11(8)14)16(20)21/h2-4,7,9H,5-6H2,1H3,(H,18,19). The lowest BCUT2D eigenvalue weighted by atomic mass is 9.99. The number of hydrogen-bond acceptors (Lipinski definition) is 4. The van der Waals surface area contributed by atoms with Crippen LogP contribution in [0.5, 0.6) is 0 Å². The molecule has 0 radical (unpaired) electrons. The maximum absolute atomic E-state index is 12.4. The van der Waals surface area contributed by atoms with E-state index < -0.39 is 22.7 Å². The number of hydrogen-bond donors (Lipinski definition) is 1. The van der Waals surface area contributed by atoms with Crippen molar-refractivity contribution in [2.45, 2.75) is 6.92 Å². The van der Waals surface area contributed by atoms with Gasteiger partial charge in [0.1, 0.15) is 5.02 Å². The summed E-state index contributed by atoms with van der Waals surface area (Å²) in [6.07, 6.45) is 0. The molecule has 8 heteroatoms. The lowest BCUT2D eigenvalue weighted by molar-refractivity contribution is -0.384. The molecule has 1 amide bonds. The molecule has 7 nitrogen and oxygen atoms in total. The van der Waals surface area contributed by atoms with Gasteiger partial charge in [0, 0.05) is 19.2 Å². The SMILES string of the molecule is CC1CN(C(=O)c2cccc([N+](=O)[O-])c2Cl)CC1C(=O)O. The second kappa shape index (κ2) is 5.69. The molecule has 1 aromatic carbocycles. The van der Waals surface area contributed by atoms with Crippen LogP contribution in [0.15, 0.2) is 18.2 Å². The summed E-state index contributed by atoms with van der Waals surface area (Å²) in [5.74, 6) is -2.25. The normalized spacial score (nSPS) is 21.3. The number of halogens is 1. The van der Waals surface area contributed by atoms with E-state index in [1.54, 1.807) is 6.92 Å². The predicted octanol–water partition coefficient (Wildman–Crippen LogP) is 2.04. The van der Waals surface area contributed by atoms with Crippen molar-refractivity contribution in [1.29, 1.82) is 0 Å². The first kappa shape index (κ1) is 15.2. The topological polar surface area (TPSA) is 101 Å². The average molecular weight is 313 g/mol. The molecule has 2 atom stereocenters. The second-order valence-electron chi connectivity index (χ2n) is 5.03. The first-order valence-electron chi connectivity index (χ1n) is 6.28. The minimum absolute atomic E-state index is 0.0177. The zero-order valence-electron chi connectivity index (χ0n) is 11.2. The van der Waals surface area contributed by atoms with Gasteiger partial charge in [-0.05, 0) is 12.0 Å². The molecule has 0 bridgehead atoms. The highest BCUT2D eigenvalue weighted by Gasteiger charge is 2.38. The molecule has 0 spiro atoms. The van der Waals surface area contributed by atoms with Gasteiger partial charge in [-0.3, -0.25) is 19.7 Å². The molecule has 112 valence electrons. The summed E-state index contributed by atoms with van der Waals surface area (Å²) in [6, 6.07) is 3.99. The number of aliphatic carboxylic acids is 1. The number of rotatable bonds is 3. The predicted molar refractivity (Wildman–Crippen MR) is 74.3 cm³/mol. The smallest absolute Gasteiger partial charge is 0.308 e. The van der Waals surface area contributed by atoms with Crippen LogP contribution >= 0.6 is 11.6 Å². The molecule has 0 aromatic heterocycles. The Bertz CT molecular complexity index is 619. The highest BCUT2D eigenvalue weighted by Crippen LogP contribution is 2.31. The van der Waals surface area contributed by atoms with Crippen molar-refractivity contribution in [2.24, 2.45) is 11.8 Å². The summed E-state index contributed by atoms with van der Waals surface area (Å²) in [7, 11) is 0. The second-order valence-corrected chi connectivity index (χ2v) is 5.41. The third-order valence-corrected chi connectivity index (χ3v) is 4.02. The molecule has 1 aliphatic heterocycles. The number of nitrogens with zero attached hydrogens (tertiary/aromatic N) is 2. The summed E-state index contributed by atoms with van der Waals surface area (Å²) in [5, 5.41) is 19.7. The molecule has 0 aliphatic carbocycles. The Labute approximate surface area is 125 Å². The van der Waals surface area contributed by atoms with Gasteiger partial charge in [-0.15, -0.1) is 0 Å². The number of carboxylic acids is 1. The van der Waals surface area contributed by atoms with E-state index in [9.17, 15) is 19.7 Å². The van der Waals surface area contributed by atoms with Gasteiger partial charge >= 0.3 is 5.97 Å². The largest absolute Gasteiger partial charge is 0.481 e. The highest BCUT2D eigenvalue weighted by atomic mass is 35.5. The van der Waals surface area contributed by atoms with Crippen molar-refractivity contribution in [1.82, 2.24) is 4.90 Å². The number of carboxylic acid groups (broad SMARTS) is 1. The van der Waals surface area contributed by atoms with Crippen LogP contribution in [0.1, 0.15) is 17.3 Å². The van der Waals surface area contributed by atoms with Crippen LogP contribution in [0.2, 0.25) is 5.02 Å². The van der Waals surface area contributed by atoms with Crippen molar-refractivity contribution < 1.29 is 19.6 Å². The van der Waals surface area contributed by atoms with E-state index in [-0.39, 0.29) is 35.3 Å². The first-order chi connectivity index (χ1) is 9.82. The molecule has 1 aromatic rings. The molecule has 1 saturated heterocycles. The molecular weight excluding hydrogens is 300 g/mol. The molecule has 1 fully saturated rings. The number of carbonyl (C=O) groups is 2. The van der Waals surface area contributed by atoms with E-state index in [0.29, 0.717) is 0 Å². The number of nitro benzene ring substituents is 1. The zero-order valence-corrected chi connectivity index (χ0v) is 11.9. The fourth-order valence-corrected chi connectivity index (χ4v) is 2.73. The van der Waals surface area contributed by atoms with Crippen molar-refractivity contribution in [2.75, 3.05) is 13.1 Å². The van der Waals surface area contributed by atoms with E-state index in [0.717, 1.165) is 0 Å². The average Bonchev–Trinajstić information content (AvgIpc) is 2.80. The van der Waals surface area contributed by atoms with Crippen molar-refractivity contribution in [3.05, 3.63) is 38.9 Å². The fourth-order valence-electron chi connectivity index (χ4n) is 2.45. The maximum Gasteiger partial charge on any atom is 0.308 e. The maximum atomic E-state index is 12.4. The van der Waals surface area contributed by atoms with Crippen LogP contribution in [0.25, 0.3) is 0 Å². The monoisotopic (exact) mass is 312 g/mol. The first-order valence-corrected chi connectivity index (χ1v) is 6.65. The molecule has 2 rings (SSSR count). The fraction of sp³-hybridized carbons (Fsp3) is 0.385. The summed E-state index contributed by atoms with van der Waals surface area (Å²) < 4.78 is 0. The molecule has 1 aliphatic rings. The molecule has 1 heterocycles. The lowest BCUT2D eigenvalue weighted by Gasteiger charge is -2.16. The number of nitro groups is 1. The van der Waals surface area contributed by atoms with E-state index in [2.05, 4.69) is 0 Å². The van der Waals surface area contributed by atoms with Gasteiger partial charge < -0.3 is 10.0 Å². The van der Waals surface area contributed by atoms with Gasteiger partial charge in [-0.1, -0.05) is 24.6 Å². The Morgan fingerprint density at radius 2 is 2.10 bits per heavy atom. The van der Waals surface area contributed by atoms with Crippen LogP contribution < -0.4 is 0 Å². The van der Waals surface area contributed by atoms with Crippen LogP contribution in [-0.4, -0.2) is 39.9 Å². The van der Waals surface area contributed by atoms with Crippen molar-refractivity contribution in [3.63, 3.8) is 0 Å². The quantitative estimate of drug-likeness (QED) is 0.680. The van der Waals surface area contributed by atoms with Gasteiger partial charge in [0.05, 0.1) is 16.4 Å². The van der Waals surface area contributed by atoms with Gasteiger partial charge in [0.2, 0.25) is 0 Å². The zero-order chi connectivity index (χ0) is 15.7. The van der Waals surface area contributed by atoms with Gasteiger partial charge in [0.15, 0.2) is 0 Å². The van der Waals surface area contributed by atoms with Gasteiger partial charge in [-0.2, -0.15) is 0 Å². The van der Waals surface area contributed by atoms with Crippen LogP contribution in [-0.2, 0) is 4.79 Å². The van der Waals surface area contributed by atoms with E-state index >= 15 is 0 Å². The summed E-state index contributed by atoms with van der Waals surface area (Å²) >= 11 is 5.91. The Hall–Kier alpha value is -2.15. The summed E-state index contributed by atoms with van der Waals surface area (Å²) in [5.41, 5.74) is -0.325. The van der Waals surface area contributed by atoms with Gasteiger partial charge in [-0.25, -0.2) is 0 Å². The van der Waals surface area contributed by atoms with Crippen LogP contribution in [0.3, 0.4) is 0 Å². The highest BCUT2D eigenvalue weighted by molar-refractivity contribution is 6.35. The Balaban J connectivity index is 2.28. The Morgan fingerprint density at radius 1 is 1.43 bits per heavy atom. The van der Waals surface area contributed by atoms with E-state index in [1.165, 1.54) is 23.1 Å². The van der Waals surface area contributed by atoms with E-state index in [4.69, 9.17) is 16.7 Å². The summed E-state index contributed by atoms with van der Waals surface area (Å²) in [4.78, 5) is 35.0. The summed E-state index contributed by atoms with van der Waals surface area (Å²) in [6.45, 7) is 2.12.